The van der Waals surface area contributed by atoms with E-state index in [0.717, 1.165) is 18.7 Å². The van der Waals surface area contributed by atoms with E-state index in [1.807, 2.05) is 25.3 Å². The van der Waals surface area contributed by atoms with Crippen molar-refractivity contribution in [3.8, 4) is 11.6 Å². The molecule has 1 aliphatic heterocycles. The molecule has 1 saturated heterocycles. The Hall–Kier alpha value is -2.98. The fourth-order valence-corrected chi connectivity index (χ4v) is 4.99. The van der Waals surface area contributed by atoms with Crippen molar-refractivity contribution in [3.63, 3.8) is 0 Å². The Morgan fingerprint density at radius 1 is 1.03 bits per heavy atom. The number of aromatic nitrogens is 4. The van der Waals surface area contributed by atoms with E-state index in [1.165, 1.54) is 4.31 Å². The molecule has 4 rings (SSSR count). The molecule has 0 aliphatic carbocycles. The molecule has 0 unspecified atom stereocenters. The van der Waals surface area contributed by atoms with Crippen molar-refractivity contribution in [3.05, 3.63) is 54.6 Å². The maximum absolute atomic E-state index is 13.1. The first kappa shape index (κ1) is 22.2. The molecule has 1 aromatic carbocycles. The predicted molar refractivity (Wildman–Crippen MR) is 122 cm³/mol. The lowest BCUT2D eigenvalue weighted by Gasteiger charge is -2.34. The molecular formula is C22H28N6O3S. The van der Waals surface area contributed by atoms with E-state index in [9.17, 15) is 8.42 Å². The molecule has 0 N–H and O–H groups in total. The van der Waals surface area contributed by atoms with Crippen LogP contribution in [-0.4, -0.2) is 65.3 Å². The van der Waals surface area contributed by atoms with Crippen LogP contribution in [0.2, 0.25) is 0 Å². The van der Waals surface area contributed by atoms with Gasteiger partial charge in [0.05, 0.1) is 11.5 Å². The van der Waals surface area contributed by atoms with Crippen molar-refractivity contribution in [2.75, 3.05) is 37.7 Å². The summed E-state index contributed by atoms with van der Waals surface area (Å²) >= 11 is 0. The van der Waals surface area contributed by atoms with E-state index in [1.54, 1.807) is 35.1 Å². The largest absolute Gasteiger partial charge is 0.494 e. The van der Waals surface area contributed by atoms with E-state index in [0.29, 0.717) is 50.2 Å². The maximum atomic E-state index is 13.1. The van der Waals surface area contributed by atoms with E-state index in [4.69, 9.17) is 4.74 Å². The number of benzene rings is 1. The number of rotatable bonds is 8. The summed E-state index contributed by atoms with van der Waals surface area (Å²) in [7, 11) is -3.56. The number of hydrogen-bond donors (Lipinski definition) is 0. The van der Waals surface area contributed by atoms with Gasteiger partial charge >= 0.3 is 0 Å². The van der Waals surface area contributed by atoms with Gasteiger partial charge in [-0.2, -0.15) is 9.40 Å². The third kappa shape index (κ3) is 4.91. The van der Waals surface area contributed by atoms with Gasteiger partial charge < -0.3 is 9.64 Å². The minimum Gasteiger partial charge on any atom is -0.494 e. The van der Waals surface area contributed by atoms with Crippen molar-refractivity contribution < 1.29 is 13.2 Å². The average Bonchev–Trinajstić information content (AvgIpc) is 3.34. The highest BCUT2D eigenvalue weighted by Gasteiger charge is 2.29. The summed E-state index contributed by atoms with van der Waals surface area (Å²) in [6.45, 7) is 6.44. The molecule has 0 amide bonds. The molecule has 0 spiro atoms. The second-order valence-corrected chi connectivity index (χ2v) is 9.58. The van der Waals surface area contributed by atoms with Gasteiger partial charge in [-0.15, -0.1) is 0 Å². The van der Waals surface area contributed by atoms with Gasteiger partial charge in [0.15, 0.2) is 5.82 Å². The quantitative estimate of drug-likeness (QED) is 0.481. The van der Waals surface area contributed by atoms with Crippen LogP contribution in [0.1, 0.15) is 25.6 Å². The van der Waals surface area contributed by atoms with Crippen LogP contribution in [0, 0.1) is 6.92 Å². The highest BCUT2D eigenvalue weighted by atomic mass is 32.2. The second kappa shape index (κ2) is 9.66. The SMILES string of the molecule is CCCCOc1ccc(S(=O)(=O)N2CCN(c3cc(-n4cccn4)nc(C)n3)CC2)cc1. The van der Waals surface area contributed by atoms with Crippen LogP contribution in [0.3, 0.4) is 0 Å². The third-order valence-electron chi connectivity index (χ3n) is 5.34. The lowest BCUT2D eigenvalue weighted by atomic mass is 10.3. The molecule has 2 aromatic heterocycles. The lowest BCUT2D eigenvalue weighted by Crippen LogP contribution is -2.49. The molecular weight excluding hydrogens is 428 g/mol. The van der Waals surface area contributed by atoms with Gasteiger partial charge in [-0.3, -0.25) is 0 Å². The smallest absolute Gasteiger partial charge is 0.243 e. The fraction of sp³-hybridized carbons (Fsp3) is 0.409. The van der Waals surface area contributed by atoms with Gasteiger partial charge in [-0.05, 0) is 43.7 Å². The Kier molecular flexibility index (Phi) is 6.71. The zero-order valence-corrected chi connectivity index (χ0v) is 19.2. The van der Waals surface area contributed by atoms with E-state index in [2.05, 4.69) is 26.9 Å². The minimum absolute atomic E-state index is 0.285. The number of ether oxygens (including phenoxy) is 1. The highest BCUT2D eigenvalue weighted by molar-refractivity contribution is 7.89. The zero-order chi connectivity index (χ0) is 22.6. The number of anilines is 1. The molecule has 1 fully saturated rings. The van der Waals surface area contributed by atoms with Crippen molar-refractivity contribution in [1.29, 1.82) is 0 Å². The number of aryl methyl sites for hydroxylation is 1. The Labute approximate surface area is 188 Å². The highest BCUT2D eigenvalue weighted by Crippen LogP contribution is 2.23. The lowest BCUT2D eigenvalue weighted by molar-refractivity contribution is 0.309. The van der Waals surface area contributed by atoms with Crippen LogP contribution >= 0.6 is 0 Å². The van der Waals surface area contributed by atoms with Gasteiger partial charge in [0.25, 0.3) is 0 Å². The topological polar surface area (TPSA) is 93.5 Å². The summed E-state index contributed by atoms with van der Waals surface area (Å²) in [6.07, 6.45) is 5.55. The molecule has 9 nitrogen and oxygen atoms in total. The minimum atomic E-state index is -3.56. The predicted octanol–water partition coefficient (Wildman–Crippen LogP) is 2.66. The van der Waals surface area contributed by atoms with Gasteiger partial charge in [0.1, 0.15) is 17.4 Å². The first-order valence-electron chi connectivity index (χ1n) is 10.8. The van der Waals surface area contributed by atoms with E-state index < -0.39 is 10.0 Å². The number of nitrogens with zero attached hydrogens (tertiary/aromatic N) is 6. The molecule has 10 heteroatoms. The molecule has 3 heterocycles. The maximum Gasteiger partial charge on any atom is 0.243 e. The standard InChI is InChI=1S/C22H28N6O3S/c1-3-4-16-31-19-6-8-20(9-7-19)32(29,30)27-14-12-26(13-15-27)21-17-22(25-18(2)24-21)28-11-5-10-23-28/h5-11,17H,3-4,12-16H2,1-2H3. The summed E-state index contributed by atoms with van der Waals surface area (Å²) in [4.78, 5) is 11.4. The van der Waals surface area contributed by atoms with Crippen molar-refractivity contribution in [2.45, 2.75) is 31.6 Å². The van der Waals surface area contributed by atoms with Crippen molar-refractivity contribution >= 4 is 15.8 Å². The summed E-state index contributed by atoms with van der Waals surface area (Å²) in [5, 5.41) is 4.23. The monoisotopic (exact) mass is 456 g/mol. The molecule has 1 aliphatic rings. The van der Waals surface area contributed by atoms with Gasteiger partial charge in [-0.25, -0.2) is 23.1 Å². The molecule has 170 valence electrons. The molecule has 32 heavy (non-hydrogen) atoms. The summed E-state index contributed by atoms with van der Waals surface area (Å²) < 4.78 is 35.0. The summed E-state index contributed by atoms with van der Waals surface area (Å²) in [6, 6.07) is 10.4. The fourth-order valence-electron chi connectivity index (χ4n) is 3.57. The third-order valence-corrected chi connectivity index (χ3v) is 7.25. The molecule has 0 saturated carbocycles. The van der Waals surface area contributed by atoms with Gasteiger partial charge in [0.2, 0.25) is 10.0 Å². The molecule has 3 aromatic rings. The van der Waals surface area contributed by atoms with Gasteiger partial charge in [0, 0.05) is 44.6 Å². The van der Waals surface area contributed by atoms with Crippen molar-refractivity contribution in [1.82, 2.24) is 24.1 Å². The van der Waals surface area contributed by atoms with Crippen LogP contribution in [0.4, 0.5) is 5.82 Å². The zero-order valence-electron chi connectivity index (χ0n) is 18.4. The Morgan fingerprint density at radius 3 is 2.41 bits per heavy atom. The van der Waals surface area contributed by atoms with Crippen LogP contribution in [0.15, 0.2) is 53.7 Å². The Bertz CT molecular complexity index is 1120. The first-order chi connectivity index (χ1) is 15.5. The van der Waals surface area contributed by atoms with Gasteiger partial charge in [-0.1, -0.05) is 13.3 Å². The van der Waals surface area contributed by atoms with E-state index >= 15 is 0 Å². The average molecular weight is 457 g/mol. The molecule has 0 atom stereocenters. The van der Waals surface area contributed by atoms with Crippen LogP contribution in [0.5, 0.6) is 5.75 Å². The van der Waals surface area contributed by atoms with Crippen molar-refractivity contribution in [2.24, 2.45) is 0 Å². The van der Waals surface area contributed by atoms with Crippen LogP contribution in [0.25, 0.3) is 5.82 Å². The second-order valence-electron chi connectivity index (χ2n) is 7.65. The molecule has 0 bridgehead atoms. The summed E-state index contributed by atoms with van der Waals surface area (Å²) in [5.74, 6) is 2.79. The van der Waals surface area contributed by atoms with E-state index in [-0.39, 0.29) is 4.90 Å². The number of hydrogen-bond acceptors (Lipinski definition) is 7. The first-order valence-corrected chi connectivity index (χ1v) is 12.2. The molecule has 0 radical (unpaired) electrons. The van der Waals surface area contributed by atoms with Crippen LogP contribution < -0.4 is 9.64 Å². The number of sulfonamides is 1. The Morgan fingerprint density at radius 2 is 1.75 bits per heavy atom. The van der Waals surface area contributed by atoms with Crippen LogP contribution in [-0.2, 0) is 10.0 Å². The number of piperazine rings is 1. The Balaban J connectivity index is 1.42. The number of unbranched alkanes of at least 4 members (excludes halogenated alkanes) is 1. The summed E-state index contributed by atoms with van der Waals surface area (Å²) in [5.41, 5.74) is 0. The normalized spacial score (nSPS) is 15.1.